The van der Waals surface area contributed by atoms with E-state index in [1.54, 1.807) is 0 Å². The molecule has 4 saturated carbocycles. The molecule has 4 bridgehead atoms. The number of esters is 1. The molecule has 0 aliphatic heterocycles. The number of pyridine rings is 1. The first-order chi connectivity index (χ1) is 12.9. The molecule has 0 spiro atoms. The van der Waals surface area contributed by atoms with E-state index in [2.05, 4.69) is 10.6 Å². The van der Waals surface area contributed by atoms with Gasteiger partial charge in [0.15, 0.2) is 19.0 Å². The van der Waals surface area contributed by atoms with Crippen LogP contribution in [0.3, 0.4) is 0 Å². The van der Waals surface area contributed by atoms with E-state index in [-0.39, 0.29) is 11.1 Å². The fourth-order valence-corrected chi connectivity index (χ4v) is 5.46. The highest BCUT2D eigenvalue weighted by Gasteiger charge is 2.51. The molecule has 3 amide bonds. The number of imide groups is 1. The van der Waals surface area contributed by atoms with Gasteiger partial charge in [0.25, 0.3) is 5.91 Å². The van der Waals surface area contributed by atoms with Gasteiger partial charge >= 0.3 is 12.0 Å². The Hall–Kier alpha value is -2.64. The van der Waals surface area contributed by atoms with Crippen molar-refractivity contribution in [3.8, 4) is 0 Å². The summed E-state index contributed by atoms with van der Waals surface area (Å²) < 4.78 is 5.42. The number of carbonyl (C=O) groups is 3. The maximum Gasteiger partial charge on any atom is 0.339 e. The minimum atomic E-state index is -0.729. The van der Waals surface area contributed by atoms with E-state index in [0.29, 0.717) is 22.5 Å². The molecule has 4 aliphatic carbocycles. The second-order valence-corrected chi connectivity index (χ2v) is 8.22. The molecule has 0 atom stereocenters. The highest BCUT2D eigenvalue weighted by Crippen LogP contribution is 2.55. The van der Waals surface area contributed by atoms with Crippen molar-refractivity contribution in [2.75, 3.05) is 6.61 Å². The van der Waals surface area contributed by atoms with Crippen LogP contribution in [0.2, 0.25) is 0 Å². The Morgan fingerprint density at radius 3 is 2.19 bits per heavy atom. The van der Waals surface area contributed by atoms with Crippen LogP contribution in [-0.2, 0) is 9.53 Å². The summed E-state index contributed by atoms with van der Waals surface area (Å²) in [6.45, 7) is -0.556. The Morgan fingerprint density at radius 1 is 1.07 bits per heavy atom. The van der Waals surface area contributed by atoms with E-state index in [0.717, 1.165) is 31.7 Å². The van der Waals surface area contributed by atoms with Gasteiger partial charge in [-0.15, -0.1) is 0 Å². The van der Waals surface area contributed by atoms with E-state index in [1.807, 2.05) is 0 Å². The molecule has 1 aromatic rings. The standard InChI is InChI=1S/C19H23N3O5/c23-16(11-27-17(24)15-1-3-22(26)4-2-15)20-18(25)21-19-8-12-5-13(9-19)7-14(6-12)10-19/h1-4,12-14H,5-11H2,(H2,20,21,23,25). The monoisotopic (exact) mass is 373 g/mol. The molecule has 5 rings (SSSR count). The highest BCUT2D eigenvalue weighted by atomic mass is 16.5. The Balaban J connectivity index is 1.25. The lowest BCUT2D eigenvalue weighted by molar-refractivity contribution is -0.605. The second kappa shape index (κ2) is 6.83. The third kappa shape index (κ3) is 3.89. The number of hydrogen-bond acceptors (Lipinski definition) is 5. The maximum atomic E-state index is 12.3. The molecule has 0 aromatic carbocycles. The fourth-order valence-electron chi connectivity index (χ4n) is 5.46. The zero-order valence-corrected chi connectivity index (χ0v) is 15.0. The van der Waals surface area contributed by atoms with E-state index < -0.39 is 24.5 Å². The molecule has 8 heteroatoms. The molecule has 144 valence electrons. The molecule has 27 heavy (non-hydrogen) atoms. The zero-order chi connectivity index (χ0) is 19.0. The van der Waals surface area contributed by atoms with Crippen molar-refractivity contribution < 1.29 is 23.9 Å². The summed E-state index contributed by atoms with van der Waals surface area (Å²) in [5.74, 6) is 0.651. The van der Waals surface area contributed by atoms with Crippen molar-refractivity contribution in [2.45, 2.75) is 44.1 Å². The second-order valence-electron chi connectivity index (χ2n) is 8.22. The minimum Gasteiger partial charge on any atom is -0.619 e. The first-order valence-electron chi connectivity index (χ1n) is 9.39. The first-order valence-corrected chi connectivity index (χ1v) is 9.39. The van der Waals surface area contributed by atoms with Crippen molar-refractivity contribution in [3.05, 3.63) is 35.3 Å². The molecule has 4 fully saturated rings. The van der Waals surface area contributed by atoms with Gasteiger partial charge in [0.05, 0.1) is 5.56 Å². The summed E-state index contributed by atoms with van der Waals surface area (Å²) in [4.78, 5) is 36.0. The van der Waals surface area contributed by atoms with Crippen molar-refractivity contribution >= 4 is 17.9 Å². The number of urea groups is 1. The van der Waals surface area contributed by atoms with Gasteiger partial charge in [0, 0.05) is 17.7 Å². The molecule has 1 heterocycles. The quantitative estimate of drug-likeness (QED) is 0.469. The SMILES string of the molecule is O=C(COC(=O)c1cc[n+]([O-])cc1)NC(=O)NC12CC3CC(CC(C3)C1)C2. The predicted octanol–water partition coefficient (Wildman–Crippen LogP) is 1.27. The highest BCUT2D eigenvalue weighted by molar-refractivity contribution is 5.97. The smallest absolute Gasteiger partial charge is 0.339 e. The van der Waals surface area contributed by atoms with Crippen molar-refractivity contribution in [3.63, 3.8) is 0 Å². The molecule has 0 radical (unpaired) electrons. The van der Waals surface area contributed by atoms with Crippen LogP contribution in [0.25, 0.3) is 0 Å². The van der Waals surface area contributed by atoms with Crippen LogP contribution < -0.4 is 15.4 Å². The van der Waals surface area contributed by atoms with Gasteiger partial charge < -0.3 is 15.3 Å². The van der Waals surface area contributed by atoms with Crippen LogP contribution >= 0.6 is 0 Å². The zero-order valence-electron chi connectivity index (χ0n) is 15.0. The number of carbonyl (C=O) groups excluding carboxylic acids is 3. The Labute approximate surface area is 156 Å². The summed E-state index contributed by atoms with van der Waals surface area (Å²) >= 11 is 0. The molecular weight excluding hydrogens is 350 g/mol. The Kier molecular flexibility index (Phi) is 4.49. The van der Waals surface area contributed by atoms with Crippen molar-refractivity contribution in [1.82, 2.24) is 10.6 Å². The van der Waals surface area contributed by atoms with Crippen molar-refractivity contribution in [1.29, 1.82) is 0 Å². The summed E-state index contributed by atoms with van der Waals surface area (Å²) in [6, 6.07) is 2.07. The summed E-state index contributed by atoms with van der Waals surface area (Å²) in [5.41, 5.74) is -0.0269. The number of nitrogens with zero attached hydrogens (tertiary/aromatic N) is 1. The molecule has 0 unspecified atom stereocenters. The molecule has 4 aliphatic rings. The van der Waals surface area contributed by atoms with Crippen LogP contribution in [0.5, 0.6) is 0 Å². The molecule has 2 N–H and O–H groups in total. The van der Waals surface area contributed by atoms with Gasteiger partial charge in [-0.05, 0) is 56.3 Å². The van der Waals surface area contributed by atoms with Gasteiger partial charge in [-0.25, -0.2) is 9.59 Å². The average molecular weight is 373 g/mol. The molecule has 1 aromatic heterocycles. The number of ether oxygens (including phenoxy) is 1. The number of nitrogens with one attached hydrogen (secondary N) is 2. The van der Waals surface area contributed by atoms with Gasteiger partial charge in [0.1, 0.15) is 0 Å². The van der Waals surface area contributed by atoms with Crippen LogP contribution in [0.15, 0.2) is 24.5 Å². The van der Waals surface area contributed by atoms with Crippen molar-refractivity contribution in [2.24, 2.45) is 17.8 Å². The van der Waals surface area contributed by atoms with Crippen LogP contribution in [0.1, 0.15) is 48.9 Å². The first kappa shape index (κ1) is 17.8. The summed E-state index contributed by atoms with van der Waals surface area (Å²) in [5, 5.41) is 16.2. The lowest BCUT2D eigenvalue weighted by atomic mass is 9.53. The van der Waals surface area contributed by atoms with Gasteiger partial charge in [0.2, 0.25) is 0 Å². The lowest BCUT2D eigenvalue weighted by Gasteiger charge is -2.56. The maximum absolute atomic E-state index is 12.3. The third-order valence-electron chi connectivity index (χ3n) is 6.04. The fraction of sp³-hybridized carbons (Fsp3) is 0.579. The van der Waals surface area contributed by atoms with E-state index >= 15 is 0 Å². The number of hydrogen-bond donors (Lipinski definition) is 2. The van der Waals surface area contributed by atoms with E-state index in [9.17, 15) is 19.6 Å². The van der Waals surface area contributed by atoms with E-state index in [1.165, 1.54) is 31.4 Å². The summed E-state index contributed by atoms with van der Waals surface area (Å²) in [7, 11) is 0. The van der Waals surface area contributed by atoms with Gasteiger partial charge in [-0.3, -0.25) is 10.1 Å². The van der Waals surface area contributed by atoms with E-state index in [4.69, 9.17) is 4.74 Å². The number of amides is 3. The molecule has 0 saturated heterocycles. The molecular formula is C19H23N3O5. The number of rotatable bonds is 4. The summed E-state index contributed by atoms with van der Waals surface area (Å²) in [6.07, 6.45) is 9.09. The average Bonchev–Trinajstić information content (AvgIpc) is 2.58. The lowest BCUT2D eigenvalue weighted by Crippen LogP contribution is -2.62. The minimum absolute atomic E-state index is 0.160. The van der Waals surface area contributed by atoms with Crippen LogP contribution in [-0.4, -0.2) is 30.1 Å². The van der Waals surface area contributed by atoms with Crippen LogP contribution in [0.4, 0.5) is 4.79 Å². The Bertz CT molecular complexity index is 726. The topological polar surface area (TPSA) is 111 Å². The third-order valence-corrected chi connectivity index (χ3v) is 6.04. The van der Waals surface area contributed by atoms with Crippen LogP contribution in [0, 0.1) is 23.0 Å². The molecule has 8 nitrogen and oxygen atoms in total. The van der Waals surface area contributed by atoms with Gasteiger partial charge in [-0.2, -0.15) is 4.73 Å². The normalized spacial score (nSPS) is 30.6. The number of aromatic nitrogens is 1. The Morgan fingerprint density at radius 2 is 1.63 bits per heavy atom. The van der Waals surface area contributed by atoms with Gasteiger partial charge in [-0.1, -0.05) is 0 Å². The largest absolute Gasteiger partial charge is 0.619 e. The predicted molar refractivity (Wildman–Crippen MR) is 93.3 cm³/mol.